The molecule has 0 aliphatic rings. The quantitative estimate of drug-likeness (QED) is 0.927. The van der Waals surface area contributed by atoms with Crippen molar-refractivity contribution in [3.63, 3.8) is 0 Å². The van der Waals surface area contributed by atoms with E-state index in [1.165, 1.54) is 0 Å². The van der Waals surface area contributed by atoms with Gasteiger partial charge in [0.15, 0.2) is 0 Å². The third-order valence-corrected chi connectivity index (χ3v) is 4.95. The second-order valence-electron chi connectivity index (χ2n) is 6.54. The number of nitrogens with zero attached hydrogens (tertiary/aromatic N) is 1. The van der Waals surface area contributed by atoms with Crippen molar-refractivity contribution in [2.24, 2.45) is 0 Å². The fourth-order valence-electron chi connectivity index (χ4n) is 2.18. The first-order chi connectivity index (χ1) is 10.6. The van der Waals surface area contributed by atoms with Gasteiger partial charge in [0.25, 0.3) is 10.0 Å². The molecule has 1 N–H and O–H groups in total. The highest BCUT2D eigenvalue weighted by molar-refractivity contribution is 7.92. The summed E-state index contributed by atoms with van der Waals surface area (Å²) in [6, 6.07) is 13.8. The Morgan fingerprint density at radius 3 is 2.17 bits per heavy atom. The highest BCUT2D eigenvalue weighted by Crippen LogP contribution is 2.25. The molecule has 2 aromatic rings. The maximum absolute atomic E-state index is 12.5. The Kier molecular flexibility index (Phi) is 4.49. The highest BCUT2D eigenvalue weighted by atomic mass is 32.2. The summed E-state index contributed by atoms with van der Waals surface area (Å²) in [5.74, 6) is 0. The zero-order chi connectivity index (χ0) is 17.3. The molecular weight excluding hydrogens is 308 g/mol. The van der Waals surface area contributed by atoms with Gasteiger partial charge in [-0.15, -0.1) is 0 Å². The van der Waals surface area contributed by atoms with E-state index >= 15 is 0 Å². The van der Waals surface area contributed by atoms with Crippen LogP contribution in [0.1, 0.15) is 37.5 Å². The van der Waals surface area contributed by atoms with E-state index in [1.54, 1.807) is 30.3 Å². The third-order valence-electron chi connectivity index (χ3n) is 3.57. The standard InChI is InChI=1S/C18H20N2O2S/c1-13-5-6-14(12-19)17(11-13)20-23(21,22)16-9-7-15(8-10-16)18(2,3)4/h5-11,20H,1-4H3. The van der Waals surface area contributed by atoms with Crippen molar-refractivity contribution in [3.05, 3.63) is 59.2 Å². The third kappa shape index (κ3) is 3.91. The molecule has 2 aromatic carbocycles. The smallest absolute Gasteiger partial charge is 0.261 e. The molecule has 0 saturated heterocycles. The molecule has 0 saturated carbocycles. The summed E-state index contributed by atoms with van der Waals surface area (Å²) in [4.78, 5) is 0.177. The van der Waals surface area contributed by atoms with Crippen molar-refractivity contribution in [2.75, 3.05) is 4.72 Å². The number of hydrogen-bond donors (Lipinski definition) is 1. The molecule has 4 nitrogen and oxygen atoms in total. The second-order valence-corrected chi connectivity index (χ2v) is 8.22. The average Bonchev–Trinajstić information content (AvgIpc) is 2.46. The molecule has 23 heavy (non-hydrogen) atoms. The second kappa shape index (κ2) is 6.05. The fourth-order valence-corrected chi connectivity index (χ4v) is 3.25. The van der Waals surface area contributed by atoms with Crippen molar-refractivity contribution in [1.29, 1.82) is 5.26 Å². The summed E-state index contributed by atoms with van der Waals surface area (Å²) < 4.78 is 27.5. The maximum atomic E-state index is 12.5. The molecule has 0 aliphatic carbocycles. The van der Waals surface area contributed by atoms with E-state index in [2.05, 4.69) is 25.5 Å². The van der Waals surface area contributed by atoms with Gasteiger partial charge in [-0.3, -0.25) is 4.72 Å². The monoisotopic (exact) mass is 328 g/mol. The lowest BCUT2D eigenvalue weighted by Gasteiger charge is -2.19. The molecule has 2 rings (SSSR count). The lowest BCUT2D eigenvalue weighted by atomic mass is 9.87. The zero-order valence-electron chi connectivity index (χ0n) is 13.7. The number of nitriles is 1. The minimum Gasteiger partial charge on any atom is -0.278 e. The van der Waals surface area contributed by atoms with E-state index in [0.717, 1.165) is 11.1 Å². The summed E-state index contributed by atoms with van der Waals surface area (Å²) in [5.41, 5.74) is 2.49. The minimum atomic E-state index is -3.73. The van der Waals surface area contributed by atoms with Gasteiger partial charge in [-0.05, 0) is 47.7 Å². The largest absolute Gasteiger partial charge is 0.278 e. The molecule has 120 valence electrons. The van der Waals surface area contributed by atoms with E-state index < -0.39 is 10.0 Å². The molecule has 0 heterocycles. The molecule has 0 radical (unpaired) electrons. The molecule has 0 atom stereocenters. The predicted molar refractivity (Wildman–Crippen MR) is 91.8 cm³/mol. The van der Waals surface area contributed by atoms with Crippen LogP contribution in [-0.4, -0.2) is 8.42 Å². The molecule has 0 amide bonds. The Labute approximate surface area is 137 Å². The van der Waals surface area contributed by atoms with Gasteiger partial charge in [-0.1, -0.05) is 39.0 Å². The molecule has 5 heteroatoms. The zero-order valence-corrected chi connectivity index (χ0v) is 14.5. The predicted octanol–water partition coefficient (Wildman–Crippen LogP) is 3.97. The maximum Gasteiger partial charge on any atom is 0.261 e. The molecule has 0 fully saturated rings. The Bertz CT molecular complexity index is 855. The van der Waals surface area contributed by atoms with Crippen molar-refractivity contribution in [3.8, 4) is 6.07 Å². The number of hydrogen-bond acceptors (Lipinski definition) is 3. The van der Waals surface area contributed by atoms with Crippen LogP contribution < -0.4 is 4.72 Å². The normalized spacial score (nSPS) is 11.8. The van der Waals surface area contributed by atoms with E-state index in [9.17, 15) is 8.42 Å². The number of sulfonamides is 1. The molecular formula is C18H20N2O2S. The SMILES string of the molecule is Cc1ccc(C#N)c(NS(=O)(=O)c2ccc(C(C)(C)C)cc2)c1. The lowest BCUT2D eigenvalue weighted by molar-refractivity contribution is 0.587. The van der Waals surface area contributed by atoms with Gasteiger partial charge in [0, 0.05) is 0 Å². The van der Waals surface area contributed by atoms with Crippen molar-refractivity contribution >= 4 is 15.7 Å². The molecule has 0 spiro atoms. The van der Waals surface area contributed by atoms with Crippen LogP contribution in [0.2, 0.25) is 0 Å². The summed E-state index contributed by atoms with van der Waals surface area (Å²) in [6.07, 6.45) is 0. The lowest BCUT2D eigenvalue weighted by Crippen LogP contribution is -2.15. The van der Waals surface area contributed by atoms with Gasteiger partial charge in [0.2, 0.25) is 0 Å². The first-order valence-electron chi connectivity index (χ1n) is 7.27. The van der Waals surface area contributed by atoms with Gasteiger partial charge in [0.1, 0.15) is 6.07 Å². The van der Waals surface area contributed by atoms with Crippen LogP contribution in [0, 0.1) is 18.3 Å². The van der Waals surface area contributed by atoms with Gasteiger partial charge in [0.05, 0.1) is 16.1 Å². The van der Waals surface area contributed by atoms with Crippen LogP contribution in [0.5, 0.6) is 0 Å². The van der Waals surface area contributed by atoms with Crippen molar-refractivity contribution in [1.82, 2.24) is 0 Å². The van der Waals surface area contributed by atoms with Crippen LogP contribution in [0.15, 0.2) is 47.4 Å². The number of anilines is 1. The van der Waals surface area contributed by atoms with Crippen molar-refractivity contribution in [2.45, 2.75) is 38.0 Å². The molecule has 0 aromatic heterocycles. The van der Waals surface area contributed by atoms with Crippen LogP contribution in [0.3, 0.4) is 0 Å². The van der Waals surface area contributed by atoms with E-state index in [0.29, 0.717) is 11.3 Å². The molecule has 0 bridgehead atoms. The first-order valence-corrected chi connectivity index (χ1v) is 8.76. The first kappa shape index (κ1) is 17.0. The summed E-state index contributed by atoms with van der Waals surface area (Å²) >= 11 is 0. The van der Waals surface area contributed by atoms with Gasteiger partial charge < -0.3 is 0 Å². The van der Waals surface area contributed by atoms with Gasteiger partial charge in [-0.2, -0.15) is 5.26 Å². The molecule has 0 aliphatic heterocycles. The number of rotatable bonds is 3. The van der Waals surface area contributed by atoms with Crippen LogP contribution in [-0.2, 0) is 15.4 Å². The Balaban J connectivity index is 2.37. The summed E-state index contributed by atoms with van der Waals surface area (Å²) in [7, 11) is -3.73. The van der Waals surface area contributed by atoms with Crippen LogP contribution in [0.25, 0.3) is 0 Å². The molecule has 0 unspecified atom stereocenters. The topological polar surface area (TPSA) is 70.0 Å². The number of benzene rings is 2. The van der Waals surface area contributed by atoms with Crippen molar-refractivity contribution < 1.29 is 8.42 Å². The van der Waals surface area contributed by atoms with E-state index in [4.69, 9.17) is 5.26 Å². The van der Waals surface area contributed by atoms with E-state index in [-0.39, 0.29) is 10.3 Å². The summed E-state index contributed by atoms with van der Waals surface area (Å²) in [6.45, 7) is 8.05. The Morgan fingerprint density at radius 2 is 1.65 bits per heavy atom. The average molecular weight is 328 g/mol. The fraction of sp³-hybridized carbons (Fsp3) is 0.278. The van der Waals surface area contributed by atoms with Gasteiger partial charge >= 0.3 is 0 Å². The summed E-state index contributed by atoms with van der Waals surface area (Å²) in [5, 5.41) is 9.12. The Hall–Kier alpha value is -2.32. The number of aryl methyl sites for hydroxylation is 1. The highest BCUT2D eigenvalue weighted by Gasteiger charge is 2.18. The van der Waals surface area contributed by atoms with Crippen LogP contribution >= 0.6 is 0 Å². The van der Waals surface area contributed by atoms with Crippen LogP contribution in [0.4, 0.5) is 5.69 Å². The minimum absolute atomic E-state index is 0.0414. The van der Waals surface area contributed by atoms with E-state index in [1.807, 2.05) is 25.1 Å². The Morgan fingerprint density at radius 1 is 1.04 bits per heavy atom. The number of nitrogens with one attached hydrogen (secondary N) is 1. The van der Waals surface area contributed by atoms with Gasteiger partial charge in [-0.25, -0.2) is 8.42 Å².